The fraction of sp³-hybridized carbons (Fsp3) is 0.450. The second kappa shape index (κ2) is 8.15. The number of nitrogens with two attached hydrogens (primary N) is 1. The minimum absolute atomic E-state index is 0.815. The molecule has 3 rings (SSSR count). The van der Waals surface area contributed by atoms with Crippen LogP contribution in [0.15, 0.2) is 41.3 Å². The minimum Gasteiger partial charge on any atom is -0.472 e. The average Bonchev–Trinajstić information content (AvgIpc) is 3.21. The van der Waals surface area contributed by atoms with Gasteiger partial charge in [-0.05, 0) is 56.5 Å². The van der Waals surface area contributed by atoms with E-state index in [2.05, 4.69) is 29.7 Å². The molecule has 0 aliphatic rings. The van der Waals surface area contributed by atoms with Gasteiger partial charge in [0, 0.05) is 11.8 Å². The first-order chi connectivity index (χ1) is 11.8. The van der Waals surface area contributed by atoms with Crippen LogP contribution in [0, 0.1) is 6.92 Å². The van der Waals surface area contributed by atoms with Crippen LogP contribution in [0.3, 0.4) is 0 Å². The lowest BCUT2D eigenvalue weighted by atomic mass is 10.1. The van der Waals surface area contributed by atoms with Crippen LogP contribution in [-0.2, 0) is 6.42 Å². The molecule has 128 valence electrons. The second-order valence-corrected chi connectivity index (χ2v) is 6.51. The van der Waals surface area contributed by atoms with E-state index in [9.17, 15) is 0 Å². The van der Waals surface area contributed by atoms with Crippen molar-refractivity contribution in [1.29, 1.82) is 0 Å². The van der Waals surface area contributed by atoms with Crippen LogP contribution in [0.25, 0.3) is 16.9 Å². The van der Waals surface area contributed by atoms with Crippen molar-refractivity contribution >= 4 is 5.65 Å². The van der Waals surface area contributed by atoms with Gasteiger partial charge in [0.05, 0.1) is 23.9 Å². The zero-order valence-corrected chi connectivity index (χ0v) is 14.5. The van der Waals surface area contributed by atoms with E-state index in [1.54, 1.807) is 12.5 Å². The summed E-state index contributed by atoms with van der Waals surface area (Å²) >= 11 is 0. The van der Waals surface area contributed by atoms with Gasteiger partial charge in [-0.25, -0.2) is 4.98 Å². The molecule has 3 aromatic heterocycles. The molecule has 4 nitrogen and oxygen atoms in total. The van der Waals surface area contributed by atoms with E-state index in [1.807, 2.05) is 6.07 Å². The Labute approximate surface area is 143 Å². The Morgan fingerprint density at radius 2 is 1.88 bits per heavy atom. The van der Waals surface area contributed by atoms with E-state index in [4.69, 9.17) is 15.1 Å². The van der Waals surface area contributed by atoms with Gasteiger partial charge in [0.15, 0.2) is 0 Å². The average molecular weight is 325 g/mol. The number of hydrogen-bond acceptors (Lipinski definition) is 3. The van der Waals surface area contributed by atoms with E-state index in [1.165, 1.54) is 43.4 Å². The molecule has 0 radical (unpaired) electrons. The van der Waals surface area contributed by atoms with Gasteiger partial charge in [-0.1, -0.05) is 25.7 Å². The van der Waals surface area contributed by atoms with Crippen molar-refractivity contribution in [2.75, 3.05) is 6.54 Å². The third kappa shape index (κ3) is 3.88. The van der Waals surface area contributed by atoms with E-state index in [0.29, 0.717) is 0 Å². The Hall–Kier alpha value is -2.07. The second-order valence-electron chi connectivity index (χ2n) is 6.51. The fourth-order valence-electron chi connectivity index (χ4n) is 3.21. The first-order valence-corrected chi connectivity index (χ1v) is 9.00. The Bertz CT molecular complexity index is 759. The summed E-state index contributed by atoms with van der Waals surface area (Å²) in [5, 5.41) is 0. The molecule has 3 heterocycles. The number of hydrogen-bond donors (Lipinski definition) is 1. The molecule has 0 unspecified atom stereocenters. The van der Waals surface area contributed by atoms with Crippen LogP contribution in [0.5, 0.6) is 0 Å². The van der Waals surface area contributed by atoms with Crippen molar-refractivity contribution in [3.05, 3.63) is 48.2 Å². The summed E-state index contributed by atoms with van der Waals surface area (Å²) in [6.07, 6.45) is 14.1. The minimum atomic E-state index is 0.815. The van der Waals surface area contributed by atoms with Crippen molar-refractivity contribution in [2.24, 2.45) is 5.73 Å². The van der Waals surface area contributed by atoms with Crippen molar-refractivity contribution in [1.82, 2.24) is 9.38 Å². The van der Waals surface area contributed by atoms with Crippen LogP contribution in [0.1, 0.15) is 49.8 Å². The highest BCUT2D eigenvalue weighted by Gasteiger charge is 2.14. The third-order valence-corrected chi connectivity index (χ3v) is 4.54. The van der Waals surface area contributed by atoms with Gasteiger partial charge in [0.25, 0.3) is 0 Å². The number of nitrogens with zero attached hydrogens (tertiary/aromatic N) is 2. The van der Waals surface area contributed by atoms with Crippen molar-refractivity contribution in [3.63, 3.8) is 0 Å². The highest BCUT2D eigenvalue weighted by molar-refractivity contribution is 5.65. The maximum absolute atomic E-state index is 5.54. The Morgan fingerprint density at radius 3 is 2.62 bits per heavy atom. The van der Waals surface area contributed by atoms with Crippen molar-refractivity contribution < 1.29 is 4.42 Å². The number of aryl methyl sites for hydroxylation is 2. The van der Waals surface area contributed by atoms with Crippen LogP contribution in [0.2, 0.25) is 0 Å². The topological polar surface area (TPSA) is 56.5 Å². The lowest BCUT2D eigenvalue weighted by molar-refractivity contribution is 0.568. The number of pyridine rings is 1. The molecule has 24 heavy (non-hydrogen) atoms. The standard InChI is InChI=1S/C20H27N3O/c1-16-9-12-23-18(8-6-4-2-3-5-7-11-21)20(22-19(23)14-16)17-10-13-24-15-17/h9-10,12-15H,2-8,11,21H2,1H3. The van der Waals surface area contributed by atoms with Crippen LogP contribution < -0.4 is 5.73 Å². The summed E-state index contributed by atoms with van der Waals surface area (Å²) < 4.78 is 7.49. The van der Waals surface area contributed by atoms with Crippen molar-refractivity contribution in [3.8, 4) is 11.3 Å². The van der Waals surface area contributed by atoms with Gasteiger partial charge in [-0.2, -0.15) is 0 Å². The lowest BCUT2D eigenvalue weighted by Crippen LogP contribution is -1.98. The summed E-state index contributed by atoms with van der Waals surface area (Å²) in [5.41, 5.74) is 11.2. The molecular formula is C20H27N3O. The first kappa shape index (κ1) is 16.8. The number of rotatable bonds is 9. The number of imidazole rings is 1. The van der Waals surface area contributed by atoms with Crippen molar-refractivity contribution in [2.45, 2.75) is 51.9 Å². The normalized spacial score (nSPS) is 11.4. The molecule has 0 spiro atoms. The molecule has 0 saturated carbocycles. The number of furan rings is 1. The monoisotopic (exact) mass is 325 g/mol. The summed E-state index contributed by atoms with van der Waals surface area (Å²) in [7, 11) is 0. The molecule has 0 aromatic carbocycles. The van der Waals surface area contributed by atoms with Gasteiger partial charge >= 0.3 is 0 Å². The molecule has 0 bridgehead atoms. The van der Waals surface area contributed by atoms with Crippen LogP contribution in [0.4, 0.5) is 0 Å². The van der Waals surface area contributed by atoms with Crippen LogP contribution >= 0.6 is 0 Å². The summed E-state index contributed by atoms with van der Waals surface area (Å²) in [6, 6.07) is 6.27. The van der Waals surface area contributed by atoms with E-state index >= 15 is 0 Å². The van der Waals surface area contributed by atoms with Gasteiger partial charge in [0.2, 0.25) is 0 Å². The highest BCUT2D eigenvalue weighted by Crippen LogP contribution is 2.27. The molecule has 0 aliphatic carbocycles. The Morgan fingerprint density at radius 1 is 1.08 bits per heavy atom. The quantitative estimate of drug-likeness (QED) is 0.578. The predicted octanol–water partition coefficient (Wildman–Crippen LogP) is 4.74. The van der Waals surface area contributed by atoms with Gasteiger partial charge in [-0.15, -0.1) is 0 Å². The predicted molar refractivity (Wildman–Crippen MR) is 98.1 cm³/mol. The third-order valence-electron chi connectivity index (χ3n) is 4.54. The van der Waals surface area contributed by atoms with Gasteiger partial charge in [-0.3, -0.25) is 0 Å². The first-order valence-electron chi connectivity index (χ1n) is 9.00. The van der Waals surface area contributed by atoms with E-state index in [-0.39, 0.29) is 0 Å². The Balaban J connectivity index is 1.72. The van der Waals surface area contributed by atoms with E-state index < -0.39 is 0 Å². The zero-order valence-electron chi connectivity index (χ0n) is 14.5. The molecule has 0 aliphatic heterocycles. The number of aromatic nitrogens is 2. The van der Waals surface area contributed by atoms with Gasteiger partial charge in [0.1, 0.15) is 5.65 Å². The molecule has 3 aromatic rings. The molecule has 4 heteroatoms. The summed E-state index contributed by atoms with van der Waals surface area (Å²) in [6.45, 7) is 2.92. The molecule has 2 N–H and O–H groups in total. The molecule has 0 fully saturated rings. The maximum Gasteiger partial charge on any atom is 0.137 e. The largest absolute Gasteiger partial charge is 0.472 e. The van der Waals surface area contributed by atoms with Gasteiger partial charge < -0.3 is 14.6 Å². The molecular weight excluding hydrogens is 298 g/mol. The fourth-order valence-corrected chi connectivity index (χ4v) is 3.21. The molecule has 0 saturated heterocycles. The lowest BCUT2D eigenvalue weighted by Gasteiger charge is -2.05. The smallest absolute Gasteiger partial charge is 0.137 e. The summed E-state index contributed by atoms with van der Waals surface area (Å²) in [5.74, 6) is 0. The molecule has 0 atom stereocenters. The summed E-state index contributed by atoms with van der Waals surface area (Å²) in [4.78, 5) is 4.84. The zero-order chi connectivity index (χ0) is 16.8. The Kier molecular flexibility index (Phi) is 5.70. The number of unbranched alkanes of at least 4 members (excludes halogenated alkanes) is 5. The maximum atomic E-state index is 5.54. The SMILES string of the molecule is Cc1ccn2c(CCCCCCCCN)c(-c3ccoc3)nc2c1. The molecule has 0 amide bonds. The number of fused-ring (bicyclic) bond motifs is 1. The highest BCUT2D eigenvalue weighted by atomic mass is 16.3. The van der Waals surface area contributed by atoms with E-state index in [0.717, 1.165) is 36.3 Å². The van der Waals surface area contributed by atoms with Crippen LogP contribution in [-0.4, -0.2) is 15.9 Å².